The molecule has 1 atom stereocenters. The molecular weight excluding hydrogens is 250 g/mol. The van der Waals surface area contributed by atoms with Crippen molar-refractivity contribution in [2.45, 2.75) is 39.0 Å². The Morgan fingerprint density at radius 2 is 1.95 bits per heavy atom. The van der Waals surface area contributed by atoms with Crippen LogP contribution in [0.25, 0.3) is 0 Å². The highest BCUT2D eigenvalue weighted by atomic mass is 16.1. The lowest BCUT2D eigenvalue weighted by Gasteiger charge is -2.16. The number of pyridine rings is 2. The monoisotopic (exact) mass is 271 g/mol. The van der Waals surface area contributed by atoms with Gasteiger partial charge in [0.05, 0.1) is 0 Å². The molecule has 0 aliphatic rings. The van der Waals surface area contributed by atoms with Gasteiger partial charge in [-0.1, -0.05) is 32.9 Å². The lowest BCUT2D eigenvalue weighted by Crippen LogP contribution is -2.16. The summed E-state index contributed by atoms with van der Waals surface area (Å²) in [6.07, 6.45) is 2.36. The number of rotatable bonds is 4. The Hall–Kier alpha value is -2.10. The molecule has 106 valence electrons. The van der Waals surface area contributed by atoms with Gasteiger partial charge in [-0.2, -0.15) is 0 Å². The zero-order valence-electron chi connectivity index (χ0n) is 12.2. The van der Waals surface area contributed by atoms with Crippen LogP contribution < -0.4 is 11.3 Å². The molecule has 2 heterocycles. The SMILES string of the molecule is CC(C)c1ccc(N)nc1CC(C)c1ccc[nH]c1=O. The summed E-state index contributed by atoms with van der Waals surface area (Å²) in [6, 6.07) is 7.58. The first kappa shape index (κ1) is 14.3. The van der Waals surface area contributed by atoms with Gasteiger partial charge in [-0.3, -0.25) is 4.79 Å². The minimum absolute atomic E-state index is 0.0324. The van der Waals surface area contributed by atoms with Gasteiger partial charge >= 0.3 is 0 Å². The van der Waals surface area contributed by atoms with E-state index in [9.17, 15) is 4.79 Å². The Morgan fingerprint density at radius 1 is 1.20 bits per heavy atom. The van der Waals surface area contributed by atoms with E-state index in [0.717, 1.165) is 11.3 Å². The largest absolute Gasteiger partial charge is 0.384 e. The van der Waals surface area contributed by atoms with Crippen LogP contribution in [-0.2, 0) is 6.42 Å². The van der Waals surface area contributed by atoms with Gasteiger partial charge in [-0.05, 0) is 36.0 Å². The van der Waals surface area contributed by atoms with Crippen LogP contribution in [0.3, 0.4) is 0 Å². The van der Waals surface area contributed by atoms with Gasteiger partial charge in [-0.15, -0.1) is 0 Å². The van der Waals surface area contributed by atoms with Crippen LogP contribution in [0.4, 0.5) is 5.82 Å². The Labute approximate surface area is 119 Å². The van der Waals surface area contributed by atoms with Crippen molar-refractivity contribution in [2.75, 3.05) is 5.73 Å². The average molecular weight is 271 g/mol. The molecule has 2 rings (SSSR count). The molecule has 0 fully saturated rings. The minimum Gasteiger partial charge on any atom is -0.384 e. The molecule has 0 amide bonds. The van der Waals surface area contributed by atoms with E-state index in [1.54, 1.807) is 6.20 Å². The van der Waals surface area contributed by atoms with Crippen molar-refractivity contribution in [3.63, 3.8) is 0 Å². The Bertz CT molecular complexity index is 646. The molecule has 0 spiro atoms. The van der Waals surface area contributed by atoms with Gasteiger partial charge in [0.2, 0.25) is 0 Å². The summed E-state index contributed by atoms with van der Waals surface area (Å²) in [7, 11) is 0. The van der Waals surface area contributed by atoms with E-state index in [0.29, 0.717) is 18.2 Å². The maximum absolute atomic E-state index is 11.8. The second-order valence-corrected chi connectivity index (χ2v) is 5.49. The number of anilines is 1. The van der Waals surface area contributed by atoms with Crippen molar-refractivity contribution >= 4 is 5.82 Å². The highest BCUT2D eigenvalue weighted by Gasteiger charge is 2.15. The second kappa shape index (κ2) is 5.90. The van der Waals surface area contributed by atoms with Crippen molar-refractivity contribution in [1.29, 1.82) is 0 Å². The first-order chi connectivity index (χ1) is 9.49. The summed E-state index contributed by atoms with van der Waals surface area (Å²) in [5, 5.41) is 0. The second-order valence-electron chi connectivity index (χ2n) is 5.49. The molecule has 1 unspecified atom stereocenters. The Morgan fingerprint density at radius 3 is 2.60 bits per heavy atom. The van der Waals surface area contributed by atoms with Crippen molar-refractivity contribution in [1.82, 2.24) is 9.97 Å². The molecule has 0 aliphatic heterocycles. The molecule has 0 aromatic carbocycles. The fourth-order valence-corrected chi connectivity index (χ4v) is 2.44. The molecule has 0 aliphatic carbocycles. The van der Waals surface area contributed by atoms with Gasteiger partial charge in [0, 0.05) is 17.5 Å². The van der Waals surface area contributed by atoms with Gasteiger partial charge < -0.3 is 10.7 Å². The van der Waals surface area contributed by atoms with Crippen LogP contribution >= 0.6 is 0 Å². The lowest BCUT2D eigenvalue weighted by atomic mass is 9.92. The van der Waals surface area contributed by atoms with Crippen LogP contribution in [0, 0.1) is 0 Å². The van der Waals surface area contributed by atoms with E-state index in [1.165, 1.54) is 5.56 Å². The smallest absolute Gasteiger partial charge is 0.251 e. The van der Waals surface area contributed by atoms with Crippen molar-refractivity contribution in [3.8, 4) is 0 Å². The van der Waals surface area contributed by atoms with E-state index in [2.05, 4.69) is 23.8 Å². The van der Waals surface area contributed by atoms with Crippen molar-refractivity contribution < 1.29 is 0 Å². The number of hydrogen-bond donors (Lipinski definition) is 2. The summed E-state index contributed by atoms with van der Waals surface area (Å²) >= 11 is 0. The highest BCUT2D eigenvalue weighted by molar-refractivity contribution is 5.36. The molecule has 2 aromatic rings. The number of aromatic nitrogens is 2. The van der Waals surface area contributed by atoms with E-state index >= 15 is 0 Å². The van der Waals surface area contributed by atoms with Crippen molar-refractivity contribution in [3.05, 3.63) is 57.6 Å². The van der Waals surface area contributed by atoms with E-state index in [-0.39, 0.29) is 11.5 Å². The van der Waals surface area contributed by atoms with E-state index in [1.807, 2.05) is 31.2 Å². The minimum atomic E-state index is -0.0324. The third-order valence-electron chi connectivity index (χ3n) is 3.53. The number of nitrogens with two attached hydrogens (primary N) is 1. The van der Waals surface area contributed by atoms with Crippen molar-refractivity contribution in [2.24, 2.45) is 0 Å². The number of aromatic amines is 1. The molecule has 3 N–H and O–H groups in total. The summed E-state index contributed by atoms with van der Waals surface area (Å²) in [5.41, 5.74) is 8.72. The standard InChI is InChI=1S/C16H21N3O/c1-10(2)12-6-7-15(17)19-14(12)9-11(3)13-5-4-8-18-16(13)20/h4-8,10-11H,9H2,1-3H3,(H2,17,19)(H,18,20). The molecule has 2 aromatic heterocycles. The first-order valence-electron chi connectivity index (χ1n) is 6.92. The first-order valence-corrected chi connectivity index (χ1v) is 6.92. The van der Waals surface area contributed by atoms with Crippen LogP contribution in [0.5, 0.6) is 0 Å². The normalized spacial score (nSPS) is 12.6. The van der Waals surface area contributed by atoms with Gasteiger partial charge in [0.25, 0.3) is 5.56 Å². The number of nitrogen functional groups attached to an aromatic ring is 1. The fourth-order valence-electron chi connectivity index (χ4n) is 2.44. The van der Waals surface area contributed by atoms with Crippen LogP contribution in [0.2, 0.25) is 0 Å². The summed E-state index contributed by atoms with van der Waals surface area (Å²) < 4.78 is 0. The third-order valence-corrected chi connectivity index (χ3v) is 3.53. The lowest BCUT2D eigenvalue weighted by molar-refractivity contribution is 0.709. The number of hydrogen-bond acceptors (Lipinski definition) is 3. The number of nitrogens with zero attached hydrogens (tertiary/aromatic N) is 1. The molecule has 20 heavy (non-hydrogen) atoms. The number of H-pyrrole nitrogens is 1. The molecule has 0 saturated heterocycles. The zero-order chi connectivity index (χ0) is 14.7. The predicted octanol–water partition coefficient (Wildman–Crippen LogP) is 2.82. The molecule has 4 heteroatoms. The maximum Gasteiger partial charge on any atom is 0.251 e. The predicted molar refractivity (Wildman–Crippen MR) is 81.9 cm³/mol. The topological polar surface area (TPSA) is 71.8 Å². The van der Waals surface area contributed by atoms with E-state index < -0.39 is 0 Å². The summed E-state index contributed by atoms with van der Waals surface area (Å²) in [5.74, 6) is 1.02. The van der Waals surface area contributed by atoms with Crippen LogP contribution in [-0.4, -0.2) is 9.97 Å². The highest BCUT2D eigenvalue weighted by Crippen LogP contribution is 2.24. The molecule has 4 nitrogen and oxygen atoms in total. The summed E-state index contributed by atoms with van der Waals surface area (Å²) in [6.45, 7) is 6.31. The van der Waals surface area contributed by atoms with Gasteiger partial charge in [0.15, 0.2) is 0 Å². The van der Waals surface area contributed by atoms with Crippen LogP contribution in [0.1, 0.15) is 49.4 Å². The summed E-state index contributed by atoms with van der Waals surface area (Å²) in [4.78, 5) is 19.0. The Kier molecular flexibility index (Phi) is 4.23. The number of nitrogens with one attached hydrogen (secondary N) is 1. The zero-order valence-corrected chi connectivity index (χ0v) is 12.2. The average Bonchev–Trinajstić information content (AvgIpc) is 2.38. The quantitative estimate of drug-likeness (QED) is 0.898. The fraction of sp³-hybridized carbons (Fsp3) is 0.375. The third kappa shape index (κ3) is 3.07. The molecule has 0 bridgehead atoms. The molecule has 0 saturated carbocycles. The van der Waals surface area contributed by atoms with Gasteiger partial charge in [-0.25, -0.2) is 4.98 Å². The Balaban J connectivity index is 2.32. The van der Waals surface area contributed by atoms with Gasteiger partial charge in [0.1, 0.15) is 5.82 Å². The molecular formula is C16H21N3O. The maximum atomic E-state index is 11.8. The molecule has 0 radical (unpaired) electrons. The van der Waals surface area contributed by atoms with E-state index in [4.69, 9.17) is 5.73 Å². The van der Waals surface area contributed by atoms with Crippen LogP contribution in [0.15, 0.2) is 35.3 Å².